The van der Waals surface area contributed by atoms with Gasteiger partial charge in [0.05, 0.1) is 0 Å². The van der Waals surface area contributed by atoms with Crippen molar-refractivity contribution in [3.05, 3.63) is 18.2 Å². The zero-order valence-corrected chi connectivity index (χ0v) is 11.4. The third-order valence-electron chi connectivity index (χ3n) is 4.77. The summed E-state index contributed by atoms with van der Waals surface area (Å²) in [5.74, 6) is 4.96. The smallest absolute Gasteiger partial charge is 0.130 e. The fraction of sp³-hybridized carbons (Fsp3) is 0.667. The fourth-order valence-electron chi connectivity index (χ4n) is 3.82. The van der Waals surface area contributed by atoms with E-state index in [9.17, 15) is 0 Å². The molecular formula is C15H23N3. The molecular weight excluding hydrogens is 222 g/mol. The van der Waals surface area contributed by atoms with E-state index in [1.165, 1.54) is 32.2 Å². The van der Waals surface area contributed by atoms with E-state index in [0.717, 1.165) is 29.4 Å². The number of rotatable bonds is 4. The predicted octanol–water partition coefficient (Wildman–Crippen LogP) is 3.00. The Morgan fingerprint density at radius 1 is 1.33 bits per heavy atom. The maximum atomic E-state index is 4.61. The lowest BCUT2D eigenvalue weighted by molar-refractivity contribution is 0.337. The Morgan fingerprint density at radius 3 is 2.89 bits per heavy atom. The van der Waals surface area contributed by atoms with Crippen molar-refractivity contribution >= 4 is 11.6 Å². The summed E-state index contributed by atoms with van der Waals surface area (Å²) in [6.07, 6.45) is 5.88. The van der Waals surface area contributed by atoms with Crippen LogP contribution in [0.3, 0.4) is 0 Å². The van der Waals surface area contributed by atoms with Crippen LogP contribution in [0, 0.1) is 17.8 Å². The second-order valence-electron chi connectivity index (χ2n) is 5.95. The first-order chi connectivity index (χ1) is 8.76. The third-order valence-corrected chi connectivity index (χ3v) is 4.77. The molecule has 18 heavy (non-hydrogen) atoms. The second-order valence-corrected chi connectivity index (χ2v) is 5.95. The molecule has 0 saturated heterocycles. The van der Waals surface area contributed by atoms with Crippen molar-refractivity contribution in [2.24, 2.45) is 17.8 Å². The quantitative estimate of drug-likeness (QED) is 0.884. The molecule has 0 spiro atoms. The van der Waals surface area contributed by atoms with Gasteiger partial charge >= 0.3 is 0 Å². The van der Waals surface area contributed by atoms with Crippen molar-refractivity contribution in [1.29, 1.82) is 0 Å². The molecule has 3 nitrogen and oxygen atoms in total. The number of fused-ring (bicyclic) bond motifs is 2. The number of anilines is 2. The average molecular weight is 245 g/mol. The van der Waals surface area contributed by atoms with Gasteiger partial charge in [-0.25, -0.2) is 4.98 Å². The molecule has 3 unspecified atom stereocenters. The van der Waals surface area contributed by atoms with Crippen LogP contribution in [0.1, 0.15) is 25.7 Å². The number of hydrogen-bond donors (Lipinski definition) is 1. The first kappa shape index (κ1) is 11.8. The van der Waals surface area contributed by atoms with Gasteiger partial charge in [-0.05, 0) is 49.1 Å². The third kappa shape index (κ3) is 2.18. The molecule has 1 aromatic heterocycles. The molecule has 2 fully saturated rings. The molecule has 1 aromatic rings. The highest BCUT2D eigenvalue weighted by atomic mass is 15.2. The van der Waals surface area contributed by atoms with E-state index >= 15 is 0 Å². The van der Waals surface area contributed by atoms with Gasteiger partial charge in [0, 0.05) is 20.6 Å². The summed E-state index contributed by atoms with van der Waals surface area (Å²) in [5, 5.41) is 3.11. The molecule has 3 rings (SSSR count). The molecule has 98 valence electrons. The summed E-state index contributed by atoms with van der Waals surface area (Å²) in [6.45, 7) is 1.17. The van der Waals surface area contributed by atoms with Gasteiger partial charge in [-0.15, -0.1) is 0 Å². The van der Waals surface area contributed by atoms with E-state index in [1.807, 2.05) is 13.1 Å². The molecule has 3 atom stereocenters. The topological polar surface area (TPSA) is 28.2 Å². The summed E-state index contributed by atoms with van der Waals surface area (Å²) in [7, 11) is 4.09. The molecule has 1 N–H and O–H groups in total. The van der Waals surface area contributed by atoms with Gasteiger partial charge in [-0.3, -0.25) is 0 Å². The second kappa shape index (κ2) is 4.79. The molecule has 3 heteroatoms. The van der Waals surface area contributed by atoms with Crippen molar-refractivity contribution in [1.82, 2.24) is 4.98 Å². The highest BCUT2D eigenvalue weighted by Crippen LogP contribution is 2.48. The standard InChI is InChI=1S/C15H23N3/c1-16-14-4-3-5-15(17-14)18(2)10-13-9-11-6-7-12(13)8-11/h3-5,11-13H,6-10H2,1-2H3,(H,16,17). The van der Waals surface area contributed by atoms with E-state index in [1.54, 1.807) is 0 Å². The molecule has 0 radical (unpaired) electrons. The van der Waals surface area contributed by atoms with Gasteiger partial charge in [0.1, 0.15) is 11.6 Å². The Bertz CT molecular complexity index is 418. The largest absolute Gasteiger partial charge is 0.373 e. The summed E-state index contributed by atoms with van der Waals surface area (Å²) < 4.78 is 0. The van der Waals surface area contributed by atoms with E-state index in [-0.39, 0.29) is 0 Å². The molecule has 2 aliphatic rings. The highest BCUT2D eigenvalue weighted by molar-refractivity contribution is 5.46. The number of hydrogen-bond acceptors (Lipinski definition) is 3. The van der Waals surface area contributed by atoms with Crippen molar-refractivity contribution in [3.8, 4) is 0 Å². The Hall–Kier alpha value is -1.25. The minimum absolute atomic E-state index is 0.897. The Balaban J connectivity index is 1.65. The van der Waals surface area contributed by atoms with Gasteiger partial charge in [-0.1, -0.05) is 12.5 Å². The van der Waals surface area contributed by atoms with Crippen LogP contribution in [0.25, 0.3) is 0 Å². The van der Waals surface area contributed by atoms with Gasteiger partial charge in [0.15, 0.2) is 0 Å². The molecule has 2 bridgehead atoms. The highest BCUT2D eigenvalue weighted by Gasteiger charge is 2.39. The van der Waals surface area contributed by atoms with E-state index in [4.69, 9.17) is 0 Å². The normalized spacial score (nSPS) is 29.6. The first-order valence-corrected chi connectivity index (χ1v) is 7.12. The van der Waals surface area contributed by atoms with Crippen molar-refractivity contribution in [3.63, 3.8) is 0 Å². The van der Waals surface area contributed by atoms with Crippen LogP contribution in [-0.4, -0.2) is 25.6 Å². The summed E-state index contributed by atoms with van der Waals surface area (Å²) in [5.41, 5.74) is 0. The lowest BCUT2D eigenvalue weighted by Gasteiger charge is -2.28. The minimum atomic E-state index is 0.897. The molecule has 1 heterocycles. The van der Waals surface area contributed by atoms with Crippen LogP contribution in [0.15, 0.2) is 18.2 Å². The number of nitrogens with zero attached hydrogens (tertiary/aromatic N) is 2. The number of pyridine rings is 1. The fourth-order valence-corrected chi connectivity index (χ4v) is 3.82. The number of nitrogens with one attached hydrogen (secondary N) is 1. The SMILES string of the molecule is CNc1cccc(N(C)CC2CC3CCC2C3)n1. The summed E-state index contributed by atoms with van der Waals surface area (Å²) in [6, 6.07) is 6.19. The monoisotopic (exact) mass is 245 g/mol. The number of aromatic nitrogens is 1. The van der Waals surface area contributed by atoms with Crippen LogP contribution in [-0.2, 0) is 0 Å². The van der Waals surface area contributed by atoms with Gasteiger partial charge in [0.25, 0.3) is 0 Å². The summed E-state index contributed by atoms with van der Waals surface area (Å²) >= 11 is 0. The van der Waals surface area contributed by atoms with Gasteiger partial charge in [0.2, 0.25) is 0 Å². The lowest BCUT2D eigenvalue weighted by Crippen LogP contribution is -2.29. The lowest BCUT2D eigenvalue weighted by atomic mass is 9.88. The predicted molar refractivity (Wildman–Crippen MR) is 76.0 cm³/mol. The zero-order valence-electron chi connectivity index (χ0n) is 11.4. The maximum absolute atomic E-state index is 4.61. The minimum Gasteiger partial charge on any atom is -0.373 e. The maximum Gasteiger partial charge on any atom is 0.130 e. The molecule has 2 saturated carbocycles. The van der Waals surface area contributed by atoms with Crippen LogP contribution in [0.2, 0.25) is 0 Å². The van der Waals surface area contributed by atoms with E-state index in [2.05, 4.69) is 34.4 Å². The molecule has 0 amide bonds. The van der Waals surface area contributed by atoms with Crippen LogP contribution in [0.5, 0.6) is 0 Å². The molecule has 2 aliphatic carbocycles. The zero-order chi connectivity index (χ0) is 12.5. The average Bonchev–Trinajstić information content (AvgIpc) is 3.01. The molecule has 0 aliphatic heterocycles. The Morgan fingerprint density at radius 2 is 2.22 bits per heavy atom. The van der Waals surface area contributed by atoms with Crippen LogP contribution >= 0.6 is 0 Å². The van der Waals surface area contributed by atoms with Crippen molar-refractivity contribution in [2.45, 2.75) is 25.7 Å². The van der Waals surface area contributed by atoms with Crippen molar-refractivity contribution in [2.75, 3.05) is 30.9 Å². The van der Waals surface area contributed by atoms with E-state index < -0.39 is 0 Å². The van der Waals surface area contributed by atoms with E-state index in [0.29, 0.717) is 0 Å². The molecule has 0 aromatic carbocycles. The van der Waals surface area contributed by atoms with Crippen LogP contribution in [0.4, 0.5) is 11.6 Å². The Kier molecular flexibility index (Phi) is 3.14. The summed E-state index contributed by atoms with van der Waals surface area (Å²) in [4.78, 5) is 6.94. The Labute approximate surface area is 110 Å². The first-order valence-electron chi connectivity index (χ1n) is 7.12. The van der Waals surface area contributed by atoms with Crippen LogP contribution < -0.4 is 10.2 Å². The van der Waals surface area contributed by atoms with Gasteiger partial charge in [-0.2, -0.15) is 0 Å². The van der Waals surface area contributed by atoms with Gasteiger partial charge < -0.3 is 10.2 Å². The van der Waals surface area contributed by atoms with Crippen molar-refractivity contribution < 1.29 is 0 Å².